The molecular formula is C11H10O4. The molecule has 4 nitrogen and oxygen atoms in total. The summed E-state index contributed by atoms with van der Waals surface area (Å²) in [5.74, 6) is 0.380. The van der Waals surface area contributed by atoms with E-state index in [1.54, 1.807) is 18.2 Å². The van der Waals surface area contributed by atoms with Crippen molar-refractivity contribution in [2.75, 3.05) is 13.2 Å². The summed E-state index contributed by atoms with van der Waals surface area (Å²) in [5.41, 5.74) is 0.949. The average molecular weight is 206 g/mol. The number of rotatable bonds is 2. The molecule has 0 unspecified atom stereocenters. The number of aliphatic hydroxyl groups excluding tert-OH is 1. The molecule has 0 saturated carbocycles. The number of hydrogen-bond acceptors (Lipinski definition) is 4. The standard InChI is InChI=1S/C11H10O4/c12-7-11(13)15-9-4-3-8-2-1-5-14-10(8)6-9/h1-4,6,12H,5,7H2. The fourth-order valence-electron chi connectivity index (χ4n) is 1.32. The lowest BCUT2D eigenvalue weighted by Crippen LogP contribution is -2.12. The second kappa shape index (κ2) is 4.14. The van der Waals surface area contributed by atoms with Crippen molar-refractivity contribution < 1.29 is 19.4 Å². The summed E-state index contributed by atoms with van der Waals surface area (Å²) < 4.78 is 10.2. The van der Waals surface area contributed by atoms with E-state index >= 15 is 0 Å². The van der Waals surface area contributed by atoms with Gasteiger partial charge in [0.2, 0.25) is 0 Å². The van der Waals surface area contributed by atoms with Gasteiger partial charge < -0.3 is 14.6 Å². The first-order valence-corrected chi connectivity index (χ1v) is 4.54. The van der Waals surface area contributed by atoms with E-state index < -0.39 is 12.6 Å². The van der Waals surface area contributed by atoms with Gasteiger partial charge in [0.25, 0.3) is 0 Å². The predicted molar refractivity (Wildman–Crippen MR) is 53.7 cm³/mol. The van der Waals surface area contributed by atoms with E-state index in [4.69, 9.17) is 14.6 Å². The Morgan fingerprint density at radius 3 is 3.20 bits per heavy atom. The molecule has 2 rings (SSSR count). The third kappa shape index (κ3) is 2.16. The van der Waals surface area contributed by atoms with Gasteiger partial charge in [0.1, 0.15) is 24.7 Å². The SMILES string of the molecule is O=C(CO)Oc1ccc2c(c1)OCC=C2. The Morgan fingerprint density at radius 2 is 2.40 bits per heavy atom. The van der Waals surface area contributed by atoms with Gasteiger partial charge in [0, 0.05) is 11.6 Å². The van der Waals surface area contributed by atoms with Gasteiger partial charge in [-0.1, -0.05) is 6.08 Å². The van der Waals surface area contributed by atoms with Gasteiger partial charge in [0.15, 0.2) is 0 Å². The Bertz CT molecular complexity index is 409. The zero-order valence-electron chi connectivity index (χ0n) is 7.97. The van der Waals surface area contributed by atoms with E-state index in [0.29, 0.717) is 18.1 Å². The second-order valence-corrected chi connectivity index (χ2v) is 3.05. The van der Waals surface area contributed by atoms with Crippen molar-refractivity contribution in [3.63, 3.8) is 0 Å². The summed E-state index contributed by atoms with van der Waals surface area (Å²) in [6.07, 6.45) is 3.85. The summed E-state index contributed by atoms with van der Waals surface area (Å²) in [4.78, 5) is 10.8. The molecule has 0 aromatic heterocycles. The van der Waals surface area contributed by atoms with E-state index in [2.05, 4.69) is 0 Å². The van der Waals surface area contributed by atoms with Crippen LogP contribution < -0.4 is 9.47 Å². The molecule has 0 amide bonds. The van der Waals surface area contributed by atoms with Crippen LogP contribution in [0.15, 0.2) is 24.3 Å². The molecule has 1 aliphatic heterocycles. The lowest BCUT2D eigenvalue weighted by atomic mass is 10.1. The highest BCUT2D eigenvalue weighted by Gasteiger charge is 2.09. The number of benzene rings is 1. The smallest absolute Gasteiger partial charge is 0.337 e. The number of carbonyl (C=O) groups is 1. The summed E-state index contributed by atoms with van der Waals surface area (Å²) in [6.45, 7) is -0.109. The molecular weight excluding hydrogens is 196 g/mol. The maximum absolute atomic E-state index is 10.8. The monoisotopic (exact) mass is 206 g/mol. The minimum Gasteiger partial charge on any atom is -0.489 e. The first-order valence-electron chi connectivity index (χ1n) is 4.54. The first kappa shape index (κ1) is 9.73. The van der Waals surface area contributed by atoms with Crippen LogP contribution in [0, 0.1) is 0 Å². The molecule has 0 fully saturated rings. The number of carbonyl (C=O) groups excluding carboxylic acids is 1. The van der Waals surface area contributed by atoms with E-state index in [-0.39, 0.29) is 0 Å². The van der Waals surface area contributed by atoms with Gasteiger partial charge in [-0.3, -0.25) is 0 Å². The third-order valence-corrected chi connectivity index (χ3v) is 1.98. The normalized spacial score (nSPS) is 12.9. The summed E-state index contributed by atoms with van der Waals surface area (Å²) in [6, 6.07) is 5.09. The number of esters is 1. The fraction of sp³-hybridized carbons (Fsp3) is 0.182. The van der Waals surface area contributed by atoms with Crippen LogP contribution in [0.3, 0.4) is 0 Å². The van der Waals surface area contributed by atoms with Crippen LogP contribution in [0.5, 0.6) is 11.5 Å². The lowest BCUT2D eigenvalue weighted by Gasteiger charge is -2.13. The molecule has 1 aromatic rings. The van der Waals surface area contributed by atoms with E-state index in [0.717, 1.165) is 5.56 Å². The molecule has 0 bridgehead atoms. The maximum atomic E-state index is 10.8. The molecule has 78 valence electrons. The van der Waals surface area contributed by atoms with Gasteiger partial charge in [-0.05, 0) is 18.2 Å². The van der Waals surface area contributed by atoms with Gasteiger partial charge in [-0.25, -0.2) is 4.79 Å². The molecule has 0 saturated heterocycles. The Kier molecular flexibility index (Phi) is 2.69. The molecule has 4 heteroatoms. The van der Waals surface area contributed by atoms with Crippen molar-refractivity contribution in [3.05, 3.63) is 29.8 Å². The van der Waals surface area contributed by atoms with Crippen LogP contribution >= 0.6 is 0 Å². The van der Waals surface area contributed by atoms with E-state index in [9.17, 15) is 4.79 Å². The predicted octanol–water partition coefficient (Wildman–Crippen LogP) is 0.990. The van der Waals surface area contributed by atoms with Crippen LogP contribution in [0.1, 0.15) is 5.56 Å². The van der Waals surface area contributed by atoms with E-state index in [1.807, 2.05) is 12.2 Å². The summed E-state index contributed by atoms with van der Waals surface area (Å²) in [5, 5.41) is 8.52. The van der Waals surface area contributed by atoms with E-state index in [1.165, 1.54) is 0 Å². The maximum Gasteiger partial charge on any atom is 0.337 e. The quantitative estimate of drug-likeness (QED) is 0.579. The number of aliphatic hydroxyl groups is 1. The minimum absolute atomic E-state index is 0.378. The summed E-state index contributed by atoms with van der Waals surface area (Å²) in [7, 11) is 0. The van der Waals surface area contributed by atoms with Crippen molar-refractivity contribution in [2.24, 2.45) is 0 Å². The Morgan fingerprint density at radius 1 is 1.53 bits per heavy atom. The molecule has 0 aliphatic carbocycles. The molecule has 15 heavy (non-hydrogen) atoms. The summed E-state index contributed by atoms with van der Waals surface area (Å²) >= 11 is 0. The second-order valence-electron chi connectivity index (χ2n) is 3.05. The largest absolute Gasteiger partial charge is 0.489 e. The number of hydrogen-bond donors (Lipinski definition) is 1. The van der Waals surface area contributed by atoms with Crippen molar-refractivity contribution in [1.29, 1.82) is 0 Å². The molecule has 0 radical (unpaired) electrons. The Balaban J connectivity index is 2.21. The first-order chi connectivity index (χ1) is 7.29. The van der Waals surface area contributed by atoms with Crippen LogP contribution in [0.4, 0.5) is 0 Å². The van der Waals surface area contributed by atoms with Crippen molar-refractivity contribution in [3.8, 4) is 11.5 Å². The third-order valence-electron chi connectivity index (χ3n) is 1.98. The van der Waals surface area contributed by atoms with Crippen LogP contribution in [0.25, 0.3) is 6.08 Å². The van der Waals surface area contributed by atoms with Crippen LogP contribution in [0.2, 0.25) is 0 Å². The topological polar surface area (TPSA) is 55.8 Å². The number of fused-ring (bicyclic) bond motifs is 1. The zero-order valence-corrected chi connectivity index (χ0v) is 7.97. The molecule has 0 spiro atoms. The van der Waals surface area contributed by atoms with Gasteiger partial charge >= 0.3 is 5.97 Å². The van der Waals surface area contributed by atoms with Crippen LogP contribution in [-0.4, -0.2) is 24.3 Å². The lowest BCUT2D eigenvalue weighted by molar-refractivity contribution is -0.137. The van der Waals surface area contributed by atoms with Crippen molar-refractivity contribution >= 4 is 12.0 Å². The molecule has 0 atom stereocenters. The van der Waals surface area contributed by atoms with Gasteiger partial charge in [-0.15, -0.1) is 0 Å². The minimum atomic E-state index is -0.679. The number of ether oxygens (including phenoxy) is 2. The fourth-order valence-corrected chi connectivity index (χ4v) is 1.32. The highest BCUT2D eigenvalue weighted by molar-refractivity contribution is 5.74. The van der Waals surface area contributed by atoms with Crippen molar-refractivity contribution in [1.82, 2.24) is 0 Å². The molecule has 1 aromatic carbocycles. The highest BCUT2D eigenvalue weighted by atomic mass is 16.5. The van der Waals surface area contributed by atoms with Gasteiger partial charge in [-0.2, -0.15) is 0 Å². The Labute approximate surface area is 86.7 Å². The zero-order chi connectivity index (χ0) is 10.7. The average Bonchev–Trinajstić information content (AvgIpc) is 2.29. The molecule has 1 aliphatic rings. The Hall–Kier alpha value is -1.81. The van der Waals surface area contributed by atoms with Crippen molar-refractivity contribution in [2.45, 2.75) is 0 Å². The van der Waals surface area contributed by atoms with Crippen LogP contribution in [-0.2, 0) is 4.79 Å². The highest BCUT2D eigenvalue weighted by Crippen LogP contribution is 2.28. The molecule has 1 N–H and O–H groups in total. The van der Waals surface area contributed by atoms with Gasteiger partial charge in [0.05, 0.1) is 0 Å². The molecule has 1 heterocycles.